The highest BCUT2D eigenvalue weighted by molar-refractivity contribution is 9.10. The first-order chi connectivity index (χ1) is 8.09. The lowest BCUT2D eigenvalue weighted by Crippen LogP contribution is -2.23. The lowest BCUT2D eigenvalue weighted by molar-refractivity contribution is 0.102. The van der Waals surface area contributed by atoms with E-state index in [1.54, 1.807) is 0 Å². The molecule has 0 heterocycles. The van der Waals surface area contributed by atoms with E-state index in [-0.39, 0.29) is 12.0 Å². The van der Waals surface area contributed by atoms with Crippen molar-refractivity contribution in [2.45, 2.75) is 33.1 Å². The van der Waals surface area contributed by atoms with E-state index in [9.17, 15) is 5.11 Å². The fourth-order valence-electron chi connectivity index (χ4n) is 1.86. The third-order valence-corrected chi connectivity index (χ3v) is 3.50. The van der Waals surface area contributed by atoms with E-state index in [0.717, 1.165) is 29.5 Å². The molecule has 1 unspecified atom stereocenters. The monoisotopic (exact) mass is 300 g/mol. The lowest BCUT2D eigenvalue weighted by atomic mass is 9.83. The van der Waals surface area contributed by atoms with E-state index < -0.39 is 0 Å². The van der Waals surface area contributed by atoms with Crippen LogP contribution in [0.15, 0.2) is 28.7 Å². The Balaban J connectivity index is 2.41. The molecule has 0 aliphatic carbocycles. The molecular weight excluding hydrogens is 280 g/mol. The summed E-state index contributed by atoms with van der Waals surface area (Å²) in [5.41, 5.74) is -0.0131. The summed E-state index contributed by atoms with van der Waals surface area (Å²) in [5.74, 6) is 0.871. The minimum Gasteiger partial charge on any atom is -0.494 e. The van der Waals surface area contributed by atoms with Gasteiger partial charge in [-0.15, -0.1) is 0 Å². The second-order valence-corrected chi connectivity index (χ2v) is 5.69. The molecule has 0 saturated carbocycles. The number of aliphatic hydroxyl groups is 1. The third kappa shape index (κ3) is 5.09. The van der Waals surface area contributed by atoms with Gasteiger partial charge in [-0.05, 0) is 36.5 Å². The van der Waals surface area contributed by atoms with Crippen LogP contribution in [0.4, 0.5) is 0 Å². The van der Waals surface area contributed by atoms with Crippen LogP contribution < -0.4 is 4.74 Å². The molecule has 96 valence electrons. The van der Waals surface area contributed by atoms with E-state index in [4.69, 9.17) is 4.74 Å². The molecule has 0 radical (unpaired) electrons. The normalized spacial score (nSPS) is 14.4. The fourth-order valence-corrected chi connectivity index (χ4v) is 2.24. The first-order valence-electron chi connectivity index (χ1n) is 6.09. The molecule has 1 N–H and O–H groups in total. The van der Waals surface area contributed by atoms with Gasteiger partial charge in [-0.3, -0.25) is 0 Å². The summed E-state index contributed by atoms with van der Waals surface area (Å²) in [6, 6.07) is 7.83. The molecule has 1 aromatic rings. The second-order valence-electron chi connectivity index (χ2n) is 4.77. The van der Waals surface area contributed by atoms with Crippen molar-refractivity contribution in [3.05, 3.63) is 28.7 Å². The molecule has 0 spiro atoms. The van der Waals surface area contributed by atoms with Crippen molar-refractivity contribution in [3.63, 3.8) is 0 Å². The van der Waals surface area contributed by atoms with Crippen molar-refractivity contribution in [3.8, 4) is 5.75 Å². The SMILES string of the molecule is CCCC(C)(CO)CCOc1cccc(Br)c1. The minimum atomic E-state index is -0.0131. The number of halogens is 1. The summed E-state index contributed by atoms with van der Waals surface area (Å²) in [7, 11) is 0. The Hall–Kier alpha value is -0.540. The Morgan fingerprint density at radius 2 is 2.12 bits per heavy atom. The molecule has 1 atom stereocenters. The van der Waals surface area contributed by atoms with Gasteiger partial charge in [0.15, 0.2) is 0 Å². The molecular formula is C14H21BrO2. The van der Waals surface area contributed by atoms with Crippen molar-refractivity contribution < 1.29 is 9.84 Å². The lowest BCUT2D eigenvalue weighted by Gasteiger charge is -2.26. The predicted octanol–water partition coefficient (Wildman–Crippen LogP) is 4.02. The first-order valence-corrected chi connectivity index (χ1v) is 6.88. The summed E-state index contributed by atoms with van der Waals surface area (Å²) >= 11 is 3.41. The van der Waals surface area contributed by atoms with Gasteiger partial charge >= 0.3 is 0 Å². The summed E-state index contributed by atoms with van der Waals surface area (Å²) in [5, 5.41) is 9.39. The summed E-state index contributed by atoms with van der Waals surface area (Å²) in [6.45, 7) is 5.13. The molecule has 0 fully saturated rings. The molecule has 0 aromatic heterocycles. The topological polar surface area (TPSA) is 29.5 Å². The van der Waals surface area contributed by atoms with Gasteiger partial charge in [-0.1, -0.05) is 42.3 Å². The van der Waals surface area contributed by atoms with Crippen LogP contribution in [0.3, 0.4) is 0 Å². The standard InChI is InChI=1S/C14H21BrO2/c1-3-7-14(2,11-16)8-9-17-13-6-4-5-12(15)10-13/h4-6,10,16H,3,7-9,11H2,1-2H3. The summed E-state index contributed by atoms with van der Waals surface area (Å²) in [4.78, 5) is 0. The fraction of sp³-hybridized carbons (Fsp3) is 0.571. The number of benzene rings is 1. The van der Waals surface area contributed by atoms with Crippen molar-refractivity contribution in [2.75, 3.05) is 13.2 Å². The van der Waals surface area contributed by atoms with Gasteiger partial charge in [-0.25, -0.2) is 0 Å². The molecule has 1 rings (SSSR count). The highest BCUT2D eigenvalue weighted by Gasteiger charge is 2.22. The molecule has 2 nitrogen and oxygen atoms in total. The summed E-state index contributed by atoms with van der Waals surface area (Å²) < 4.78 is 6.71. The van der Waals surface area contributed by atoms with Crippen molar-refractivity contribution >= 4 is 15.9 Å². The van der Waals surface area contributed by atoms with E-state index in [2.05, 4.69) is 29.8 Å². The number of ether oxygens (including phenoxy) is 1. The van der Waals surface area contributed by atoms with Crippen LogP contribution in [0, 0.1) is 5.41 Å². The maximum Gasteiger partial charge on any atom is 0.120 e. The Morgan fingerprint density at radius 1 is 1.35 bits per heavy atom. The maximum atomic E-state index is 9.39. The van der Waals surface area contributed by atoms with E-state index >= 15 is 0 Å². The van der Waals surface area contributed by atoms with E-state index in [1.807, 2.05) is 24.3 Å². The molecule has 0 aliphatic heterocycles. The molecule has 0 amide bonds. The van der Waals surface area contributed by atoms with Gasteiger partial charge < -0.3 is 9.84 Å². The minimum absolute atomic E-state index is 0.0131. The van der Waals surface area contributed by atoms with E-state index in [0.29, 0.717) is 6.61 Å². The predicted molar refractivity (Wildman–Crippen MR) is 74.4 cm³/mol. The van der Waals surface area contributed by atoms with Crippen LogP contribution in [-0.4, -0.2) is 18.3 Å². The smallest absolute Gasteiger partial charge is 0.120 e. The molecule has 1 aromatic carbocycles. The van der Waals surface area contributed by atoms with Crippen LogP contribution in [-0.2, 0) is 0 Å². The zero-order valence-electron chi connectivity index (χ0n) is 10.6. The maximum absolute atomic E-state index is 9.39. The summed E-state index contributed by atoms with van der Waals surface area (Å²) in [6.07, 6.45) is 3.00. The molecule has 17 heavy (non-hydrogen) atoms. The van der Waals surface area contributed by atoms with Gasteiger partial charge in [0.05, 0.1) is 6.61 Å². The van der Waals surface area contributed by atoms with Crippen LogP contribution in [0.2, 0.25) is 0 Å². The van der Waals surface area contributed by atoms with Gasteiger partial charge in [0.25, 0.3) is 0 Å². The van der Waals surface area contributed by atoms with Crippen molar-refractivity contribution in [1.82, 2.24) is 0 Å². The van der Waals surface area contributed by atoms with Gasteiger partial charge in [0, 0.05) is 11.1 Å². The highest BCUT2D eigenvalue weighted by atomic mass is 79.9. The van der Waals surface area contributed by atoms with Gasteiger partial charge in [0.1, 0.15) is 5.75 Å². The Labute approximate surface area is 112 Å². The zero-order valence-corrected chi connectivity index (χ0v) is 12.2. The Bertz CT molecular complexity index is 341. The largest absolute Gasteiger partial charge is 0.494 e. The number of hydrogen-bond donors (Lipinski definition) is 1. The first kappa shape index (κ1) is 14.5. The van der Waals surface area contributed by atoms with Crippen LogP contribution in [0.1, 0.15) is 33.1 Å². The third-order valence-electron chi connectivity index (χ3n) is 3.01. The van der Waals surface area contributed by atoms with Gasteiger partial charge in [0.2, 0.25) is 0 Å². The highest BCUT2D eigenvalue weighted by Crippen LogP contribution is 2.27. The number of rotatable bonds is 7. The number of hydrogen-bond acceptors (Lipinski definition) is 2. The number of aliphatic hydroxyl groups excluding tert-OH is 1. The van der Waals surface area contributed by atoms with E-state index in [1.165, 1.54) is 0 Å². The Kier molecular flexibility index (Phi) is 6.00. The zero-order chi connectivity index (χ0) is 12.7. The average Bonchev–Trinajstić information content (AvgIpc) is 2.29. The molecule has 0 bridgehead atoms. The van der Waals surface area contributed by atoms with Crippen LogP contribution in [0.25, 0.3) is 0 Å². The van der Waals surface area contributed by atoms with Crippen molar-refractivity contribution in [2.24, 2.45) is 5.41 Å². The van der Waals surface area contributed by atoms with Gasteiger partial charge in [-0.2, -0.15) is 0 Å². The van der Waals surface area contributed by atoms with Crippen LogP contribution >= 0.6 is 15.9 Å². The average molecular weight is 301 g/mol. The Morgan fingerprint density at radius 3 is 2.71 bits per heavy atom. The molecule has 0 saturated heterocycles. The quantitative estimate of drug-likeness (QED) is 0.824. The van der Waals surface area contributed by atoms with Crippen molar-refractivity contribution in [1.29, 1.82) is 0 Å². The second kappa shape index (κ2) is 7.02. The van der Waals surface area contributed by atoms with Crippen LogP contribution in [0.5, 0.6) is 5.75 Å². The molecule has 0 aliphatic rings. The molecule has 3 heteroatoms.